The SMILES string of the molecule is O=C(NCC1CCCCC1)C1CCN(c2cnc(N3CCCC3)nc2)CC1. The highest BCUT2D eigenvalue weighted by molar-refractivity contribution is 5.79. The van der Waals surface area contributed by atoms with Crippen LogP contribution in [-0.4, -0.2) is 48.6 Å². The lowest BCUT2D eigenvalue weighted by atomic mass is 9.89. The van der Waals surface area contributed by atoms with E-state index in [4.69, 9.17) is 0 Å². The number of nitrogens with zero attached hydrogens (tertiary/aromatic N) is 4. The summed E-state index contributed by atoms with van der Waals surface area (Å²) >= 11 is 0. The van der Waals surface area contributed by atoms with Gasteiger partial charge < -0.3 is 15.1 Å². The van der Waals surface area contributed by atoms with Gasteiger partial charge in [-0.15, -0.1) is 0 Å². The third-order valence-corrected chi connectivity index (χ3v) is 6.53. The molecule has 0 spiro atoms. The Morgan fingerprint density at radius 3 is 2.22 bits per heavy atom. The van der Waals surface area contributed by atoms with Crippen molar-refractivity contribution in [2.75, 3.05) is 42.5 Å². The van der Waals surface area contributed by atoms with Crippen LogP contribution in [0, 0.1) is 11.8 Å². The van der Waals surface area contributed by atoms with E-state index in [1.54, 1.807) is 0 Å². The Kier molecular flexibility index (Phi) is 6.10. The van der Waals surface area contributed by atoms with E-state index in [0.29, 0.717) is 5.92 Å². The molecule has 6 nitrogen and oxygen atoms in total. The standard InChI is InChI=1S/C21H33N5O/c27-20(22-14-17-6-2-1-3-7-17)18-8-12-25(13-9-18)19-15-23-21(24-16-19)26-10-4-5-11-26/h15-18H,1-14H2,(H,22,27). The fraction of sp³-hybridized carbons (Fsp3) is 0.762. The van der Waals surface area contributed by atoms with Crippen molar-refractivity contribution in [3.05, 3.63) is 12.4 Å². The lowest BCUT2D eigenvalue weighted by Gasteiger charge is -2.33. The largest absolute Gasteiger partial charge is 0.369 e. The number of anilines is 2. The summed E-state index contributed by atoms with van der Waals surface area (Å²) < 4.78 is 0. The number of amides is 1. The average Bonchev–Trinajstić information content (AvgIpc) is 3.28. The highest BCUT2D eigenvalue weighted by Crippen LogP contribution is 2.25. The predicted molar refractivity (Wildman–Crippen MR) is 108 cm³/mol. The predicted octanol–water partition coefficient (Wildman–Crippen LogP) is 2.99. The summed E-state index contributed by atoms with van der Waals surface area (Å²) in [6, 6.07) is 0. The van der Waals surface area contributed by atoms with Gasteiger partial charge in [0.25, 0.3) is 0 Å². The average molecular weight is 372 g/mol. The van der Waals surface area contributed by atoms with E-state index < -0.39 is 0 Å². The zero-order valence-electron chi connectivity index (χ0n) is 16.4. The molecule has 2 aliphatic heterocycles. The number of nitrogens with one attached hydrogen (secondary N) is 1. The van der Waals surface area contributed by atoms with Gasteiger partial charge in [-0.2, -0.15) is 0 Å². The van der Waals surface area contributed by atoms with Gasteiger partial charge in [0, 0.05) is 38.6 Å². The first kappa shape index (κ1) is 18.5. The van der Waals surface area contributed by atoms with Crippen molar-refractivity contribution < 1.29 is 4.79 Å². The Balaban J connectivity index is 1.22. The Bertz CT molecular complexity index is 600. The Morgan fingerprint density at radius 2 is 1.56 bits per heavy atom. The van der Waals surface area contributed by atoms with Crippen LogP contribution in [-0.2, 0) is 4.79 Å². The maximum atomic E-state index is 12.5. The first-order valence-corrected chi connectivity index (χ1v) is 10.9. The van der Waals surface area contributed by atoms with Crippen LogP contribution in [0.4, 0.5) is 11.6 Å². The van der Waals surface area contributed by atoms with E-state index >= 15 is 0 Å². The summed E-state index contributed by atoms with van der Waals surface area (Å²) in [5.74, 6) is 1.98. The number of hydrogen-bond donors (Lipinski definition) is 1. The molecule has 1 aromatic heterocycles. The molecule has 6 heteroatoms. The number of aromatic nitrogens is 2. The quantitative estimate of drug-likeness (QED) is 0.862. The van der Waals surface area contributed by atoms with Gasteiger partial charge in [-0.25, -0.2) is 9.97 Å². The van der Waals surface area contributed by atoms with Crippen molar-refractivity contribution >= 4 is 17.5 Å². The Labute approximate surface area is 162 Å². The van der Waals surface area contributed by atoms with Gasteiger partial charge in [-0.1, -0.05) is 19.3 Å². The number of hydrogen-bond acceptors (Lipinski definition) is 5. The summed E-state index contributed by atoms with van der Waals surface area (Å²) in [7, 11) is 0. The monoisotopic (exact) mass is 371 g/mol. The van der Waals surface area contributed by atoms with E-state index in [9.17, 15) is 4.79 Å². The molecule has 1 aliphatic carbocycles. The molecule has 0 radical (unpaired) electrons. The molecule has 0 unspecified atom stereocenters. The van der Waals surface area contributed by atoms with Crippen molar-refractivity contribution in [3.63, 3.8) is 0 Å². The van der Waals surface area contributed by atoms with E-state index in [2.05, 4.69) is 25.1 Å². The van der Waals surface area contributed by atoms with Gasteiger partial charge in [0.15, 0.2) is 0 Å². The van der Waals surface area contributed by atoms with Gasteiger partial charge in [-0.3, -0.25) is 4.79 Å². The number of carbonyl (C=O) groups excluding carboxylic acids is 1. The van der Waals surface area contributed by atoms with Crippen LogP contribution in [0.3, 0.4) is 0 Å². The molecular weight excluding hydrogens is 338 g/mol. The molecule has 1 N–H and O–H groups in total. The minimum Gasteiger partial charge on any atom is -0.369 e. The number of carbonyl (C=O) groups is 1. The van der Waals surface area contributed by atoms with E-state index in [1.165, 1.54) is 44.9 Å². The topological polar surface area (TPSA) is 61.4 Å². The molecule has 3 aliphatic rings. The molecule has 148 valence electrons. The first-order chi connectivity index (χ1) is 13.3. The molecular formula is C21H33N5O. The second kappa shape index (κ2) is 8.89. The molecule has 2 saturated heterocycles. The minimum atomic E-state index is 0.162. The van der Waals surface area contributed by atoms with Crippen LogP contribution in [0.2, 0.25) is 0 Å². The van der Waals surface area contributed by atoms with Gasteiger partial charge >= 0.3 is 0 Å². The summed E-state index contributed by atoms with van der Waals surface area (Å²) in [6.45, 7) is 4.84. The molecule has 0 aromatic carbocycles. The maximum absolute atomic E-state index is 12.5. The first-order valence-electron chi connectivity index (χ1n) is 10.9. The molecule has 27 heavy (non-hydrogen) atoms. The molecule has 3 fully saturated rings. The van der Waals surface area contributed by atoms with Gasteiger partial charge in [0.05, 0.1) is 18.1 Å². The zero-order valence-corrected chi connectivity index (χ0v) is 16.4. The van der Waals surface area contributed by atoms with Crippen LogP contribution in [0.25, 0.3) is 0 Å². The lowest BCUT2D eigenvalue weighted by molar-refractivity contribution is -0.125. The third-order valence-electron chi connectivity index (χ3n) is 6.53. The summed E-state index contributed by atoms with van der Waals surface area (Å²) in [4.78, 5) is 26.2. The fourth-order valence-corrected chi connectivity index (χ4v) is 4.74. The van der Waals surface area contributed by atoms with Crippen molar-refractivity contribution in [1.29, 1.82) is 0 Å². The number of piperidine rings is 1. The second-order valence-corrected chi connectivity index (χ2v) is 8.45. The van der Waals surface area contributed by atoms with Crippen LogP contribution in [0.15, 0.2) is 12.4 Å². The lowest BCUT2D eigenvalue weighted by Crippen LogP contribution is -2.42. The van der Waals surface area contributed by atoms with Crippen LogP contribution in [0.1, 0.15) is 57.8 Å². The van der Waals surface area contributed by atoms with Crippen molar-refractivity contribution in [1.82, 2.24) is 15.3 Å². The normalized spacial score (nSPS) is 22.2. The highest BCUT2D eigenvalue weighted by Gasteiger charge is 2.26. The van der Waals surface area contributed by atoms with Crippen LogP contribution in [0.5, 0.6) is 0 Å². The van der Waals surface area contributed by atoms with E-state index in [0.717, 1.165) is 57.2 Å². The summed E-state index contributed by atoms with van der Waals surface area (Å²) in [6.07, 6.45) is 14.8. The second-order valence-electron chi connectivity index (χ2n) is 8.45. The molecule has 0 atom stereocenters. The molecule has 3 heterocycles. The Hall–Kier alpha value is -1.85. The maximum Gasteiger partial charge on any atom is 0.225 e. The fourth-order valence-electron chi connectivity index (χ4n) is 4.74. The van der Waals surface area contributed by atoms with Crippen LogP contribution >= 0.6 is 0 Å². The Morgan fingerprint density at radius 1 is 0.889 bits per heavy atom. The smallest absolute Gasteiger partial charge is 0.225 e. The van der Waals surface area contributed by atoms with Gasteiger partial charge in [-0.05, 0) is 44.4 Å². The van der Waals surface area contributed by atoms with E-state index in [1.807, 2.05) is 12.4 Å². The van der Waals surface area contributed by atoms with E-state index in [-0.39, 0.29) is 11.8 Å². The highest BCUT2D eigenvalue weighted by atomic mass is 16.1. The van der Waals surface area contributed by atoms with Gasteiger partial charge in [0.1, 0.15) is 0 Å². The van der Waals surface area contributed by atoms with Gasteiger partial charge in [0.2, 0.25) is 11.9 Å². The summed E-state index contributed by atoms with van der Waals surface area (Å²) in [5, 5.41) is 3.23. The molecule has 1 amide bonds. The summed E-state index contributed by atoms with van der Waals surface area (Å²) in [5.41, 5.74) is 1.08. The van der Waals surface area contributed by atoms with Crippen LogP contribution < -0.4 is 15.1 Å². The molecule has 1 aromatic rings. The third kappa shape index (κ3) is 4.71. The molecule has 1 saturated carbocycles. The van der Waals surface area contributed by atoms with Crippen molar-refractivity contribution in [3.8, 4) is 0 Å². The molecule has 0 bridgehead atoms. The van der Waals surface area contributed by atoms with Crippen molar-refractivity contribution in [2.24, 2.45) is 11.8 Å². The zero-order chi connectivity index (χ0) is 18.5. The number of rotatable bonds is 5. The molecule has 4 rings (SSSR count). The minimum absolute atomic E-state index is 0.162. The van der Waals surface area contributed by atoms with Crippen molar-refractivity contribution in [2.45, 2.75) is 57.8 Å².